The van der Waals surface area contributed by atoms with Gasteiger partial charge in [0.2, 0.25) is 0 Å². The lowest BCUT2D eigenvalue weighted by atomic mass is 10.3. The zero-order chi connectivity index (χ0) is 12.0. The van der Waals surface area contributed by atoms with Crippen molar-refractivity contribution in [3.8, 4) is 11.5 Å². The van der Waals surface area contributed by atoms with E-state index in [0.717, 1.165) is 20.4 Å². The molecule has 0 unspecified atom stereocenters. The van der Waals surface area contributed by atoms with E-state index in [4.69, 9.17) is 9.47 Å². The third-order valence-electron chi connectivity index (χ3n) is 1.70. The van der Waals surface area contributed by atoms with Crippen LogP contribution >= 0.6 is 31.9 Å². The highest BCUT2D eigenvalue weighted by atomic mass is 79.9. The first kappa shape index (κ1) is 13.3. The van der Waals surface area contributed by atoms with Crippen LogP contribution in [-0.4, -0.2) is 13.2 Å². The molecule has 0 spiro atoms. The van der Waals surface area contributed by atoms with E-state index in [-0.39, 0.29) is 0 Å². The van der Waals surface area contributed by atoms with E-state index in [1.807, 2.05) is 12.1 Å². The Balaban J connectivity index is 2.87. The maximum Gasteiger partial charge on any atom is 0.135 e. The number of hydrogen-bond acceptors (Lipinski definition) is 2. The summed E-state index contributed by atoms with van der Waals surface area (Å²) in [6.07, 6.45) is 3.39. The lowest BCUT2D eigenvalue weighted by molar-refractivity contribution is 0.349. The second-order valence-corrected chi connectivity index (χ2v) is 4.62. The predicted molar refractivity (Wildman–Crippen MR) is 73.2 cm³/mol. The van der Waals surface area contributed by atoms with Crippen molar-refractivity contribution >= 4 is 31.9 Å². The van der Waals surface area contributed by atoms with Gasteiger partial charge in [-0.2, -0.15) is 0 Å². The van der Waals surface area contributed by atoms with Crippen LogP contribution in [0.5, 0.6) is 11.5 Å². The van der Waals surface area contributed by atoms with Gasteiger partial charge in [0, 0.05) is 0 Å². The molecule has 0 bridgehead atoms. The molecule has 0 heterocycles. The van der Waals surface area contributed by atoms with Crippen molar-refractivity contribution in [2.75, 3.05) is 13.2 Å². The predicted octanol–water partition coefficient (Wildman–Crippen LogP) is 4.34. The minimum atomic E-state index is 0.470. The Kier molecular flexibility index (Phi) is 5.63. The van der Waals surface area contributed by atoms with Crippen molar-refractivity contribution in [1.29, 1.82) is 0 Å². The van der Waals surface area contributed by atoms with Crippen LogP contribution < -0.4 is 9.47 Å². The summed E-state index contributed by atoms with van der Waals surface area (Å²) in [6, 6.07) is 3.71. The van der Waals surface area contributed by atoms with Crippen LogP contribution in [-0.2, 0) is 0 Å². The molecule has 16 heavy (non-hydrogen) atoms. The van der Waals surface area contributed by atoms with E-state index in [2.05, 4.69) is 45.0 Å². The fourth-order valence-corrected chi connectivity index (χ4v) is 1.90. The summed E-state index contributed by atoms with van der Waals surface area (Å²) in [5.74, 6) is 1.50. The Bertz CT molecular complexity index is 351. The molecule has 0 aliphatic rings. The first-order valence-electron chi connectivity index (χ1n) is 4.65. The van der Waals surface area contributed by atoms with Gasteiger partial charge >= 0.3 is 0 Å². The molecule has 0 aliphatic carbocycles. The van der Waals surface area contributed by atoms with Gasteiger partial charge in [0.15, 0.2) is 0 Å². The molecule has 0 N–H and O–H groups in total. The molecule has 0 amide bonds. The van der Waals surface area contributed by atoms with Crippen molar-refractivity contribution < 1.29 is 9.47 Å². The molecule has 0 radical (unpaired) electrons. The van der Waals surface area contributed by atoms with Gasteiger partial charge < -0.3 is 9.47 Å². The minimum Gasteiger partial charge on any atom is -0.488 e. The second-order valence-electron chi connectivity index (χ2n) is 2.91. The Morgan fingerprint density at radius 3 is 1.62 bits per heavy atom. The molecular weight excluding hydrogens is 336 g/mol. The van der Waals surface area contributed by atoms with Crippen molar-refractivity contribution in [3.63, 3.8) is 0 Å². The minimum absolute atomic E-state index is 0.470. The number of ether oxygens (including phenoxy) is 2. The lowest BCUT2D eigenvalue weighted by Gasteiger charge is -2.11. The maximum atomic E-state index is 5.46. The largest absolute Gasteiger partial charge is 0.488 e. The molecule has 0 fully saturated rings. The van der Waals surface area contributed by atoms with Crippen molar-refractivity contribution in [2.45, 2.75) is 0 Å². The summed E-state index contributed by atoms with van der Waals surface area (Å²) in [6.45, 7) is 8.14. The Labute approximate surface area is 112 Å². The molecular formula is C12H12Br2O2. The van der Waals surface area contributed by atoms with Crippen molar-refractivity contribution in [3.05, 3.63) is 46.4 Å². The van der Waals surface area contributed by atoms with Crippen molar-refractivity contribution in [2.24, 2.45) is 0 Å². The highest BCUT2D eigenvalue weighted by Gasteiger charge is 2.08. The number of hydrogen-bond donors (Lipinski definition) is 0. The highest BCUT2D eigenvalue weighted by molar-refractivity contribution is 9.11. The van der Waals surface area contributed by atoms with Gasteiger partial charge in [-0.25, -0.2) is 0 Å². The van der Waals surface area contributed by atoms with E-state index in [9.17, 15) is 0 Å². The average molecular weight is 348 g/mol. The van der Waals surface area contributed by atoms with Crippen LogP contribution in [0.4, 0.5) is 0 Å². The first-order valence-corrected chi connectivity index (χ1v) is 6.24. The molecule has 4 heteroatoms. The molecule has 2 nitrogen and oxygen atoms in total. The monoisotopic (exact) mass is 346 g/mol. The summed E-state index contributed by atoms with van der Waals surface area (Å²) in [4.78, 5) is 0. The summed E-state index contributed by atoms with van der Waals surface area (Å²) in [5.41, 5.74) is 0. The van der Waals surface area contributed by atoms with Gasteiger partial charge in [-0.05, 0) is 44.0 Å². The van der Waals surface area contributed by atoms with Crippen molar-refractivity contribution in [1.82, 2.24) is 0 Å². The van der Waals surface area contributed by atoms with Crippen LogP contribution in [0.2, 0.25) is 0 Å². The van der Waals surface area contributed by atoms with Gasteiger partial charge in [0.05, 0.1) is 8.95 Å². The molecule has 86 valence electrons. The maximum absolute atomic E-state index is 5.46. The fourth-order valence-electron chi connectivity index (χ4n) is 1.03. The summed E-state index contributed by atoms with van der Waals surface area (Å²) < 4.78 is 12.6. The van der Waals surface area contributed by atoms with E-state index < -0.39 is 0 Å². The molecule has 0 aliphatic heterocycles. The Morgan fingerprint density at radius 2 is 1.31 bits per heavy atom. The Morgan fingerprint density at radius 1 is 0.938 bits per heavy atom. The molecule has 0 atom stereocenters. The zero-order valence-electron chi connectivity index (χ0n) is 8.71. The van der Waals surface area contributed by atoms with Gasteiger partial charge in [-0.1, -0.05) is 25.3 Å². The van der Waals surface area contributed by atoms with E-state index >= 15 is 0 Å². The van der Waals surface area contributed by atoms with Gasteiger partial charge in [-0.15, -0.1) is 0 Å². The second kappa shape index (κ2) is 6.76. The van der Waals surface area contributed by atoms with Crippen LogP contribution in [0, 0.1) is 0 Å². The van der Waals surface area contributed by atoms with Gasteiger partial charge in [0.1, 0.15) is 24.7 Å². The summed E-state index contributed by atoms with van der Waals surface area (Å²) in [5, 5.41) is 0. The van der Waals surface area contributed by atoms with Crippen LogP contribution in [0.1, 0.15) is 0 Å². The first-order chi connectivity index (χ1) is 7.69. The third kappa shape index (κ3) is 3.68. The standard InChI is InChI=1S/C12H12Br2O2/c1-3-5-15-11-7-10(14)12(8-9(11)13)16-6-4-2/h3-4,7-8H,1-2,5-6H2. The Hall–Kier alpha value is -0.740. The highest BCUT2D eigenvalue weighted by Crippen LogP contribution is 2.36. The third-order valence-corrected chi connectivity index (χ3v) is 2.94. The normalized spacial score (nSPS) is 9.62. The van der Waals surface area contributed by atoms with Crippen LogP contribution in [0.15, 0.2) is 46.4 Å². The number of rotatable bonds is 6. The number of benzene rings is 1. The smallest absolute Gasteiger partial charge is 0.135 e. The average Bonchev–Trinajstić information content (AvgIpc) is 2.28. The molecule has 0 saturated heterocycles. The lowest BCUT2D eigenvalue weighted by Crippen LogP contribution is -1.97. The van der Waals surface area contributed by atoms with Gasteiger partial charge in [-0.3, -0.25) is 0 Å². The van der Waals surface area contributed by atoms with E-state index in [1.165, 1.54) is 0 Å². The SMILES string of the molecule is C=CCOc1cc(Br)c(OCC=C)cc1Br. The molecule has 0 aromatic heterocycles. The molecule has 1 aromatic rings. The van der Waals surface area contributed by atoms with Crippen LogP contribution in [0.3, 0.4) is 0 Å². The zero-order valence-corrected chi connectivity index (χ0v) is 11.9. The van der Waals surface area contributed by atoms with Gasteiger partial charge in [0.25, 0.3) is 0 Å². The molecule has 1 rings (SSSR count). The fraction of sp³-hybridized carbons (Fsp3) is 0.167. The van der Waals surface area contributed by atoms with Crippen LogP contribution in [0.25, 0.3) is 0 Å². The summed E-state index contributed by atoms with van der Waals surface area (Å²) in [7, 11) is 0. The van der Waals surface area contributed by atoms with E-state index in [1.54, 1.807) is 12.2 Å². The van der Waals surface area contributed by atoms with E-state index in [0.29, 0.717) is 13.2 Å². The summed E-state index contributed by atoms with van der Waals surface area (Å²) >= 11 is 6.83. The molecule has 0 saturated carbocycles. The molecule has 1 aromatic carbocycles. The number of halogens is 2. The topological polar surface area (TPSA) is 18.5 Å². The quantitative estimate of drug-likeness (QED) is 0.712.